The molecule has 128 valence electrons. The SMILES string of the molecule is O=C(NCc1cc(-c2ccccc2)no1)c1cc2ccccc2c(=O)[nH]1. The van der Waals surface area contributed by atoms with Gasteiger partial charge in [0.1, 0.15) is 11.4 Å². The van der Waals surface area contributed by atoms with Crippen molar-refractivity contribution in [1.29, 1.82) is 0 Å². The molecule has 0 fully saturated rings. The number of nitrogens with zero attached hydrogens (tertiary/aromatic N) is 1. The van der Waals surface area contributed by atoms with E-state index in [0.29, 0.717) is 22.2 Å². The molecule has 2 aromatic carbocycles. The molecule has 0 bridgehead atoms. The Kier molecular flexibility index (Phi) is 4.07. The highest BCUT2D eigenvalue weighted by atomic mass is 16.5. The van der Waals surface area contributed by atoms with Crippen molar-refractivity contribution in [3.05, 3.63) is 88.5 Å². The molecule has 2 aromatic heterocycles. The second kappa shape index (κ2) is 6.68. The van der Waals surface area contributed by atoms with Gasteiger partial charge in [-0.2, -0.15) is 0 Å². The quantitative estimate of drug-likeness (QED) is 0.595. The van der Waals surface area contributed by atoms with Gasteiger partial charge < -0.3 is 14.8 Å². The van der Waals surface area contributed by atoms with E-state index in [1.807, 2.05) is 36.4 Å². The number of nitrogens with one attached hydrogen (secondary N) is 2. The summed E-state index contributed by atoms with van der Waals surface area (Å²) in [5.41, 5.74) is 1.55. The summed E-state index contributed by atoms with van der Waals surface area (Å²) in [6.07, 6.45) is 0. The number of pyridine rings is 1. The zero-order chi connectivity index (χ0) is 17.9. The molecule has 0 radical (unpaired) electrons. The lowest BCUT2D eigenvalue weighted by Crippen LogP contribution is -2.25. The number of H-pyrrole nitrogens is 1. The molecule has 2 heterocycles. The predicted octanol–water partition coefficient (Wildman–Crippen LogP) is 3.11. The van der Waals surface area contributed by atoms with Gasteiger partial charge in [-0.1, -0.05) is 53.7 Å². The minimum absolute atomic E-state index is 0.174. The topological polar surface area (TPSA) is 88.0 Å². The van der Waals surface area contributed by atoms with E-state index in [1.54, 1.807) is 30.3 Å². The number of rotatable bonds is 4. The predicted molar refractivity (Wildman–Crippen MR) is 97.7 cm³/mol. The molecular weight excluding hydrogens is 330 g/mol. The van der Waals surface area contributed by atoms with Gasteiger partial charge in [-0.25, -0.2) is 0 Å². The average Bonchev–Trinajstić information content (AvgIpc) is 3.16. The average molecular weight is 345 g/mol. The Hall–Kier alpha value is -3.67. The first kappa shape index (κ1) is 15.8. The third kappa shape index (κ3) is 3.12. The fraction of sp³-hybridized carbons (Fsp3) is 0.0500. The van der Waals surface area contributed by atoms with E-state index >= 15 is 0 Å². The second-order valence-electron chi connectivity index (χ2n) is 5.83. The van der Waals surface area contributed by atoms with Crippen LogP contribution >= 0.6 is 0 Å². The van der Waals surface area contributed by atoms with E-state index in [4.69, 9.17) is 4.52 Å². The maximum atomic E-state index is 12.3. The molecule has 0 saturated heterocycles. The summed E-state index contributed by atoms with van der Waals surface area (Å²) < 4.78 is 5.26. The van der Waals surface area contributed by atoms with Crippen molar-refractivity contribution in [1.82, 2.24) is 15.5 Å². The van der Waals surface area contributed by atoms with Gasteiger partial charge in [0, 0.05) is 17.0 Å². The Labute approximate surface area is 148 Å². The summed E-state index contributed by atoms with van der Waals surface area (Å²) in [5, 5.41) is 8.00. The van der Waals surface area contributed by atoms with E-state index in [0.717, 1.165) is 5.56 Å². The van der Waals surface area contributed by atoms with Crippen LogP contribution in [0.3, 0.4) is 0 Å². The summed E-state index contributed by atoms with van der Waals surface area (Å²) in [4.78, 5) is 27.0. The summed E-state index contributed by atoms with van der Waals surface area (Å²) in [5.74, 6) is 0.144. The zero-order valence-electron chi connectivity index (χ0n) is 13.7. The first-order valence-electron chi connectivity index (χ1n) is 8.12. The zero-order valence-corrected chi connectivity index (χ0v) is 13.7. The van der Waals surface area contributed by atoms with Gasteiger partial charge in [0.2, 0.25) is 0 Å². The Bertz CT molecular complexity index is 1130. The molecule has 0 atom stereocenters. The van der Waals surface area contributed by atoms with Crippen LogP contribution in [0.1, 0.15) is 16.2 Å². The van der Waals surface area contributed by atoms with Crippen molar-refractivity contribution < 1.29 is 9.32 Å². The highest BCUT2D eigenvalue weighted by molar-refractivity contribution is 5.96. The first-order chi connectivity index (χ1) is 12.7. The standard InChI is InChI=1S/C20H15N3O3/c24-19-16-9-5-4-8-14(16)10-18(22-19)20(25)21-12-15-11-17(23-26-15)13-6-2-1-3-7-13/h1-11H,12H2,(H,21,25)(H,22,24). The Morgan fingerprint density at radius 3 is 2.65 bits per heavy atom. The number of fused-ring (bicyclic) bond motifs is 1. The minimum atomic E-state index is -0.384. The Morgan fingerprint density at radius 2 is 1.81 bits per heavy atom. The van der Waals surface area contributed by atoms with Crippen molar-refractivity contribution in [3.63, 3.8) is 0 Å². The molecule has 0 unspecified atom stereocenters. The number of hydrogen-bond donors (Lipinski definition) is 2. The fourth-order valence-electron chi connectivity index (χ4n) is 2.74. The molecule has 0 aliphatic carbocycles. The van der Waals surface area contributed by atoms with E-state index < -0.39 is 0 Å². The molecule has 1 amide bonds. The summed E-state index contributed by atoms with van der Waals surface area (Å²) in [6, 6.07) is 20.2. The highest BCUT2D eigenvalue weighted by Gasteiger charge is 2.11. The summed E-state index contributed by atoms with van der Waals surface area (Å²) >= 11 is 0. The van der Waals surface area contributed by atoms with Gasteiger partial charge in [0.25, 0.3) is 11.5 Å². The number of carbonyl (C=O) groups is 1. The number of carbonyl (C=O) groups excluding carboxylic acids is 1. The van der Waals surface area contributed by atoms with Crippen LogP contribution in [0.25, 0.3) is 22.0 Å². The van der Waals surface area contributed by atoms with Crippen LogP contribution in [0.2, 0.25) is 0 Å². The van der Waals surface area contributed by atoms with E-state index in [1.165, 1.54) is 0 Å². The molecule has 2 N–H and O–H groups in total. The molecule has 0 saturated carbocycles. The molecule has 0 aliphatic rings. The molecule has 4 aromatic rings. The third-order valence-electron chi connectivity index (χ3n) is 4.05. The fourth-order valence-corrected chi connectivity index (χ4v) is 2.74. The van der Waals surface area contributed by atoms with Crippen LogP contribution < -0.4 is 10.9 Å². The van der Waals surface area contributed by atoms with Crippen molar-refractivity contribution >= 4 is 16.7 Å². The van der Waals surface area contributed by atoms with Crippen molar-refractivity contribution in [2.45, 2.75) is 6.54 Å². The van der Waals surface area contributed by atoms with Crippen molar-refractivity contribution in [2.75, 3.05) is 0 Å². The van der Waals surface area contributed by atoms with Gasteiger partial charge in [-0.15, -0.1) is 0 Å². The Balaban J connectivity index is 1.49. The van der Waals surface area contributed by atoms with E-state index in [2.05, 4.69) is 15.5 Å². The summed E-state index contributed by atoms with van der Waals surface area (Å²) in [6.45, 7) is 0.174. The lowest BCUT2D eigenvalue weighted by molar-refractivity contribution is 0.0942. The molecule has 6 nitrogen and oxygen atoms in total. The smallest absolute Gasteiger partial charge is 0.268 e. The van der Waals surface area contributed by atoms with Gasteiger partial charge >= 0.3 is 0 Å². The number of hydrogen-bond acceptors (Lipinski definition) is 4. The van der Waals surface area contributed by atoms with Gasteiger partial charge in [-0.05, 0) is 17.5 Å². The van der Waals surface area contributed by atoms with Crippen LogP contribution in [0.15, 0.2) is 76.0 Å². The van der Waals surface area contributed by atoms with E-state index in [9.17, 15) is 9.59 Å². The van der Waals surface area contributed by atoms with E-state index in [-0.39, 0.29) is 23.7 Å². The molecular formula is C20H15N3O3. The molecule has 0 aliphatic heterocycles. The number of aromatic nitrogens is 2. The third-order valence-corrected chi connectivity index (χ3v) is 4.05. The number of amides is 1. The van der Waals surface area contributed by atoms with Crippen LogP contribution in [0, 0.1) is 0 Å². The lowest BCUT2D eigenvalue weighted by atomic mass is 10.1. The Morgan fingerprint density at radius 1 is 1.04 bits per heavy atom. The monoisotopic (exact) mass is 345 g/mol. The molecule has 6 heteroatoms. The molecule has 4 rings (SSSR count). The van der Waals surface area contributed by atoms with Gasteiger partial charge in [0.05, 0.1) is 6.54 Å². The van der Waals surface area contributed by atoms with Crippen molar-refractivity contribution in [2.24, 2.45) is 0 Å². The maximum absolute atomic E-state index is 12.3. The van der Waals surface area contributed by atoms with Crippen LogP contribution in [0.5, 0.6) is 0 Å². The minimum Gasteiger partial charge on any atom is -0.359 e. The maximum Gasteiger partial charge on any atom is 0.268 e. The van der Waals surface area contributed by atoms with Gasteiger partial charge in [-0.3, -0.25) is 9.59 Å². The van der Waals surface area contributed by atoms with Crippen LogP contribution in [-0.4, -0.2) is 16.0 Å². The van der Waals surface area contributed by atoms with Crippen LogP contribution in [-0.2, 0) is 6.54 Å². The first-order valence-corrected chi connectivity index (χ1v) is 8.12. The normalized spacial score (nSPS) is 10.8. The lowest BCUT2D eigenvalue weighted by Gasteiger charge is -2.04. The molecule has 0 spiro atoms. The number of benzene rings is 2. The van der Waals surface area contributed by atoms with Crippen LogP contribution in [0.4, 0.5) is 0 Å². The second-order valence-corrected chi connectivity index (χ2v) is 5.83. The van der Waals surface area contributed by atoms with Gasteiger partial charge in [0.15, 0.2) is 5.76 Å². The number of aromatic amines is 1. The highest BCUT2D eigenvalue weighted by Crippen LogP contribution is 2.18. The molecule has 26 heavy (non-hydrogen) atoms. The summed E-state index contributed by atoms with van der Waals surface area (Å²) in [7, 11) is 0. The largest absolute Gasteiger partial charge is 0.359 e. The van der Waals surface area contributed by atoms with Crippen molar-refractivity contribution in [3.8, 4) is 11.3 Å².